The molecule has 0 bridgehead atoms. The average Bonchev–Trinajstić information content (AvgIpc) is 3.42. The number of hydrogen-bond donors (Lipinski definition) is 2. The van der Waals surface area contributed by atoms with E-state index in [4.69, 9.17) is 9.15 Å². The first-order valence-electron chi connectivity index (χ1n) is 10.1. The number of nitrogens with one attached hydrogen (secondary N) is 2. The second-order valence-electron chi connectivity index (χ2n) is 7.22. The molecule has 2 N–H and O–H groups in total. The van der Waals surface area contributed by atoms with Crippen LogP contribution in [0.4, 0.5) is 0 Å². The lowest BCUT2D eigenvalue weighted by molar-refractivity contribution is -0.121. The smallest absolute Gasteiger partial charge is 0.220 e. The van der Waals surface area contributed by atoms with Crippen molar-refractivity contribution in [2.24, 2.45) is 0 Å². The van der Waals surface area contributed by atoms with Gasteiger partial charge in [0.2, 0.25) is 5.91 Å². The summed E-state index contributed by atoms with van der Waals surface area (Å²) in [5, 5.41) is 2.99. The monoisotopic (exact) mass is 403 g/mol. The molecule has 2 heterocycles. The van der Waals surface area contributed by atoms with Gasteiger partial charge in [-0.05, 0) is 41.8 Å². The third-order valence-electron chi connectivity index (χ3n) is 4.83. The highest BCUT2D eigenvalue weighted by atomic mass is 16.5. The summed E-state index contributed by atoms with van der Waals surface area (Å²) < 4.78 is 10.9. The molecule has 0 radical (unpaired) electrons. The van der Waals surface area contributed by atoms with E-state index in [1.807, 2.05) is 54.6 Å². The number of carbonyl (C=O) groups excluding carboxylic acids is 1. The van der Waals surface area contributed by atoms with E-state index in [2.05, 4.69) is 21.4 Å². The molecule has 2 aromatic carbocycles. The standard InChI is InChI=1S/C24H25N3O3/c28-24(12-4-11-23-26-21-9-1-2-10-22(21)27-23)25-15-18-6-3-7-19(14-18)16-29-17-20-8-5-13-30-20/h1-3,5-10,13-14H,4,11-12,15-17H2,(H,25,28)(H,26,27). The van der Waals surface area contributed by atoms with E-state index in [9.17, 15) is 4.79 Å². The van der Waals surface area contributed by atoms with Crippen molar-refractivity contribution in [3.63, 3.8) is 0 Å². The van der Waals surface area contributed by atoms with Crippen molar-refractivity contribution in [3.8, 4) is 0 Å². The minimum absolute atomic E-state index is 0.0468. The second kappa shape index (κ2) is 9.89. The maximum Gasteiger partial charge on any atom is 0.220 e. The number of aryl methyl sites for hydroxylation is 1. The fraction of sp³-hybridized carbons (Fsp3) is 0.250. The van der Waals surface area contributed by atoms with Gasteiger partial charge in [0.05, 0.1) is 23.9 Å². The van der Waals surface area contributed by atoms with Gasteiger partial charge in [-0.15, -0.1) is 0 Å². The molecule has 0 fully saturated rings. The largest absolute Gasteiger partial charge is 0.467 e. The zero-order valence-corrected chi connectivity index (χ0v) is 16.8. The van der Waals surface area contributed by atoms with Crippen LogP contribution < -0.4 is 5.32 Å². The van der Waals surface area contributed by atoms with Gasteiger partial charge in [0.1, 0.15) is 18.2 Å². The highest BCUT2D eigenvalue weighted by Gasteiger charge is 2.06. The van der Waals surface area contributed by atoms with Crippen molar-refractivity contribution in [2.45, 2.75) is 39.0 Å². The van der Waals surface area contributed by atoms with E-state index in [-0.39, 0.29) is 5.91 Å². The number of amides is 1. The number of benzene rings is 2. The Balaban J connectivity index is 1.18. The van der Waals surface area contributed by atoms with Crippen LogP contribution in [0.3, 0.4) is 0 Å². The zero-order chi connectivity index (χ0) is 20.6. The van der Waals surface area contributed by atoms with Crippen molar-refractivity contribution in [1.29, 1.82) is 0 Å². The maximum atomic E-state index is 12.2. The zero-order valence-electron chi connectivity index (χ0n) is 16.8. The number of imidazole rings is 1. The number of nitrogens with zero attached hydrogens (tertiary/aromatic N) is 1. The summed E-state index contributed by atoms with van der Waals surface area (Å²) in [6, 6.07) is 19.7. The fourth-order valence-corrected chi connectivity index (χ4v) is 3.32. The van der Waals surface area contributed by atoms with Gasteiger partial charge in [-0.2, -0.15) is 0 Å². The Labute approximate surface area is 175 Å². The van der Waals surface area contributed by atoms with E-state index in [0.29, 0.717) is 26.2 Å². The van der Waals surface area contributed by atoms with Gasteiger partial charge in [-0.3, -0.25) is 4.79 Å². The number of rotatable bonds is 10. The minimum atomic E-state index is 0.0468. The summed E-state index contributed by atoms with van der Waals surface area (Å²) in [6.45, 7) is 1.45. The van der Waals surface area contributed by atoms with Crippen molar-refractivity contribution in [3.05, 3.63) is 89.6 Å². The third-order valence-corrected chi connectivity index (χ3v) is 4.83. The van der Waals surface area contributed by atoms with Crippen LogP contribution in [0, 0.1) is 0 Å². The van der Waals surface area contributed by atoms with Gasteiger partial charge in [-0.1, -0.05) is 36.4 Å². The molecule has 0 aliphatic carbocycles. The number of carbonyl (C=O) groups is 1. The molecule has 6 heteroatoms. The third kappa shape index (κ3) is 5.58. The Morgan fingerprint density at radius 1 is 1.03 bits per heavy atom. The normalized spacial score (nSPS) is 11.1. The van der Waals surface area contributed by atoms with Crippen LogP contribution in [-0.4, -0.2) is 15.9 Å². The number of hydrogen-bond acceptors (Lipinski definition) is 4. The molecule has 0 unspecified atom stereocenters. The van der Waals surface area contributed by atoms with E-state index in [1.165, 1.54) is 0 Å². The summed E-state index contributed by atoms with van der Waals surface area (Å²) in [6.07, 6.45) is 3.62. The number of furan rings is 1. The Morgan fingerprint density at radius 2 is 1.93 bits per heavy atom. The van der Waals surface area contributed by atoms with E-state index in [1.54, 1.807) is 6.26 Å². The Kier molecular flexibility index (Phi) is 6.57. The van der Waals surface area contributed by atoms with Crippen LogP contribution in [0.15, 0.2) is 71.3 Å². The number of aromatic nitrogens is 2. The number of para-hydroxylation sites is 2. The molecule has 4 rings (SSSR count). The predicted octanol–water partition coefficient (Wildman–Crippen LogP) is 4.51. The second-order valence-corrected chi connectivity index (χ2v) is 7.22. The van der Waals surface area contributed by atoms with Crippen molar-refractivity contribution >= 4 is 16.9 Å². The van der Waals surface area contributed by atoms with Gasteiger partial charge in [0.15, 0.2) is 0 Å². The predicted molar refractivity (Wildman–Crippen MR) is 115 cm³/mol. The topological polar surface area (TPSA) is 80.2 Å². The summed E-state index contributed by atoms with van der Waals surface area (Å²) in [5.74, 6) is 1.78. The highest BCUT2D eigenvalue weighted by Crippen LogP contribution is 2.12. The molecule has 0 saturated carbocycles. The molecule has 0 atom stereocenters. The van der Waals surface area contributed by atoms with Gasteiger partial charge < -0.3 is 19.5 Å². The lowest BCUT2D eigenvalue weighted by Gasteiger charge is -2.08. The van der Waals surface area contributed by atoms with Gasteiger partial charge in [0, 0.05) is 19.4 Å². The summed E-state index contributed by atoms with van der Waals surface area (Å²) in [5.41, 5.74) is 4.12. The number of aromatic amines is 1. The molecule has 0 aliphatic heterocycles. The fourth-order valence-electron chi connectivity index (χ4n) is 3.32. The van der Waals surface area contributed by atoms with Gasteiger partial charge in [0.25, 0.3) is 0 Å². The molecule has 2 aromatic heterocycles. The van der Waals surface area contributed by atoms with Gasteiger partial charge in [-0.25, -0.2) is 4.98 Å². The van der Waals surface area contributed by atoms with Crippen molar-refractivity contribution in [1.82, 2.24) is 15.3 Å². The van der Waals surface area contributed by atoms with Crippen LogP contribution >= 0.6 is 0 Å². The molecule has 0 spiro atoms. The number of ether oxygens (including phenoxy) is 1. The van der Waals surface area contributed by atoms with Crippen LogP contribution in [-0.2, 0) is 35.7 Å². The van der Waals surface area contributed by atoms with E-state index in [0.717, 1.165) is 46.6 Å². The molecule has 4 aromatic rings. The molecular weight excluding hydrogens is 378 g/mol. The Hall–Kier alpha value is -3.38. The first kappa shape index (κ1) is 19.9. The number of fused-ring (bicyclic) bond motifs is 1. The molecule has 0 saturated heterocycles. The number of H-pyrrole nitrogens is 1. The van der Waals surface area contributed by atoms with Crippen molar-refractivity contribution in [2.75, 3.05) is 0 Å². The summed E-state index contributed by atoms with van der Waals surface area (Å²) in [7, 11) is 0. The highest BCUT2D eigenvalue weighted by molar-refractivity contribution is 5.76. The van der Waals surface area contributed by atoms with Crippen LogP contribution in [0.25, 0.3) is 11.0 Å². The Morgan fingerprint density at radius 3 is 2.80 bits per heavy atom. The summed E-state index contributed by atoms with van der Waals surface area (Å²) in [4.78, 5) is 20.0. The van der Waals surface area contributed by atoms with Crippen LogP contribution in [0.5, 0.6) is 0 Å². The summed E-state index contributed by atoms with van der Waals surface area (Å²) >= 11 is 0. The molecule has 0 aliphatic rings. The van der Waals surface area contributed by atoms with E-state index >= 15 is 0 Å². The molecule has 6 nitrogen and oxygen atoms in total. The molecular formula is C24H25N3O3. The Bertz CT molecular complexity index is 1050. The quantitative estimate of drug-likeness (QED) is 0.408. The van der Waals surface area contributed by atoms with Crippen molar-refractivity contribution < 1.29 is 13.9 Å². The molecule has 154 valence electrons. The first-order valence-corrected chi connectivity index (χ1v) is 10.1. The first-order chi connectivity index (χ1) is 14.8. The van der Waals surface area contributed by atoms with Crippen LogP contribution in [0.1, 0.15) is 35.6 Å². The van der Waals surface area contributed by atoms with E-state index < -0.39 is 0 Å². The molecule has 30 heavy (non-hydrogen) atoms. The average molecular weight is 403 g/mol. The minimum Gasteiger partial charge on any atom is -0.467 e. The molecule has 1 amide bonds. The maximum absolute atomic E-state index is 12.2. The van der Waals surface area contributed by atoms with Crippen LogP contribution in [0.2, 0.25) is 0 Å². The lowest BCUT2D eigenvalue weighted by Crippen LogP contribution is -2.22. The lowest BCUT2D eigenvalue weighted by atomic mass is 10.1. The SMILES string of the molecule is O=C(CCCc1nc2ccccc2[nH]1)NCc1cccc(COCc2ccco2)c1. The van der Waals surface area contributed by atoms with Gasteiger partial charge >= 0.3 is 0 Å².